The van der Waals surface area contributed by atoms with E-state index in [9.17, 15) is 9.59 Å². The zero-order chi connectivity index (χ0) is 16.4. The number of carbonyl (C=O) groups is 2. The first-order valence-electron chi connectivity index (χ1n) is 7.17. The molecule has 1 rings (SSSR count). The quantitative estimate of drug-likeness (QED) is 0.734. The van der Waals surface area contributed by atoms with E-state index in [-0.39, 0.29) is 18.0 Å². The molecule has 5 nitrogen and oxygen atoms in total. The molecular weight excluding hydrogens is 272 g/mol. The van der Waals surface area contributed by atoms with Gasteiger partial charge in [0.15, 0.2) is 12.2 Å². The van der Waals surface area contributed by atoms with Crippen LogP contribution in [-0.4, -0.2) is 30.3 Å². The van der Waals surface area contributed by atoms with Crippen LogP contribution in [0.4, 0.5) is 0 Å². The lowest BCUT2D eigenvalue weighted by Crippen LogP contribution is -2.46. The van der Waals surface area contributed by atoms with Crippen LogP contribution in [0.1, 0.15) is 48.5 Å². The lowest BCUT2D eigenvalue weighted by Gasteiger charge is -2.34. The number of ether oxygens (including phenoxy) is 3. The number of hydrogen-bond acceptors (Lipinski definition) is 5. The SMILES string of the molecule is C[C@H]1OC=C[C@@H](OC(=O)C(C)(C)C)[C@H]1OC(=O)C(C)(C)C. The second-order valence-corrected chi connectivity index (χ2v) is 7.41. The predicted molar refractivity (Wildman–Crippen MR) is 78.4 cm³/mol. The van der Waals surface area contributed by atoms with E-state index in [0.717, 1.165) is 0 Å². The Morgan fingerprint density at radius 2 is 1.43 bits per heavy atom. The highest BCUT2D eigenvalue weighted by Crippen LogP contribution is 2.25. The lowest BCUT2D eigenvalue weighted by atomic mass is 9.96. The fraction of sp³-hybridized carbons (Fsp3) is 0.750. The van der Waals surface area contributed by atoms with Crippen LogP contribution in [-0.2, 0) is 23.8 Å². The van der Waals surface area contributed by atoms with Crippen molar-refractivity contribution >= 4 is 11.9 Å². The van der Waals surface area contributed by atoms with Gasteiger partial charge in [-0.05, 0) is 54.5 Å². The van der Waals surface area contributed by atoms with Crippen LogP contribution in [0.2, 0.25) is 0 Å². The molecule has 0 fully saturated rings. The van der Waals surface area contributed by atoms with Gasteiger partial charge >= 0.3 is 11.9 Å². The standard InChI is InChI=1S/C16H26O5/c1-10-12(21-14(18)16(5,6)7)11(8-9-19-10)20-13(17)15(2,3)4/h8-12H,1-7H3/t10-,11-,12+/m1/s1. The molecule has 0 unspecified atom stereocenters. The fourth-order valence-electron chi connectivity index (χ4n) is 1.57. The molecule has 1 aliphatic rings. The van der Waals surface area contributed by atoms with Crippen molar-refractivity contribution < 1.29 is 23.8 Å². The molecule has 5 heteroatoms. The molecule has 120 valence electrons. The van der Waals surface area contributed by atoms with E-state index in [4.69, 9.17) is 14.2 Å². The molecule has 0 aromatic rings. The molecule has 0 N–H and O–H groups in total. The third-order valence-corrected chi connectivity index (χ3v) is 3.06. The van der Waals surface area contributed by atoms with E-state index < -0.39 is 23.0 Å². The largest absolute Gasteiger partial charge is 0.494 e. The number of hydrogen-bond donors (Lipinski definition) is 0. The fourth-order valence-corrected chi connectivity index (χ4v) is 1.57. The van der Waals surface area contributed by atoms with Gasteiger partial charge in [0.05, 0.1) is 17.1 Å². The molecule has 0 aliphatic carbocycles. The van der Waals surface area contributed by atoms with E-state index in [1.807, 2.05) is 0 Å². The lowest BCUT2D eigenvalue weighted by molar-refractivity contribution is -0.184. The molecule has 0 amide bonds. The second kappa shape index (κ2) is 6.08. The van der Waals surface area contributed by atoms with Crippen molar-refractivity contribution in [3.63, 3.8) is 0 Å². The normalized spacial score (nSPS) is 26.0. The molecule has 0 saturated heterocycles. The van der Waals surface area contributed by atoms with E-state index in [1.54, 1.807) is 54.5 Å². The van der Waals surface area contributed by atoms with Crippen LogP contribution in [0.15, 0.2) is 12.3 Å². The van der Waals surface area contributed by atoms with E-state index in [0.29, 0.717) is 0 Å². The van der Waals surface area contributed by atoms with E-state index >= 15 is 0 Å². The summed E-state index contributed by atoms with van der Waals surface area (Å²) < 4.78 is 16.3. The third-order valence-electron chi connectivity index (χ3n) is 3.06. The first-order chi connectivity index (χ1) is 9.43. The van der Waals surface area contributed by atoms with Gasteiger partial charge in [0.2, 0.25) is 0 Å². The predicted octanol–water partition coefficient (Wildman–Crippen LogP) is 2.83. The highest BCUT2D eigenvalue weighted by molar-refractivity contribution is 5.76. The van der Waals surface area contributed by atoms with Crippen molar-refractivity contribution in [3.8, 4) is 0 Å². The van der Waals surface area contributed by atoms with Gasteiger partial charge in [0.1, 0.15) is 6.10 Å². The molecule has 0 spiro atoms. The molecule has 21 heavy (non-hydrogen) atoms. The Balaban J connectivity index is 2.85. The Labute approximate surface area is 126 Å². The second-order valence-electron chi connectivity index (χ2n) is 7.41. The number of esters is 2. The Morgan fingerprint density at radius 3 is 1.90 bits per heavy atom. The molecule has 3 atom stereocenters. The molecule has 0 saturated carbocycles. The van der Waals surface area contributed by atoms with E-state index in [1.165, 1.54) is 6.26 Å². The van der Waals surface area contributed by atoms with Crippen LogP contribution < -0.4 is 0 Å². The maximum Gasteiger partial charge on any atom is 0.311 e. The topological polar surface area (TPSA) is 61.8 Å². The van der Waals surface area contributed by atoms with Crippen molar-refractivity contribution in [2.75, 3.05) is 0 Å². The maximum absolute atomic E-state index is 12.1. The van der Waals surface area contributed by atoms with Gasteiger partial charge in [-0.2, -0.15) is 0 Å². The van der Waals surface area contributed by atoms with Gasteiger partial charge in [-0.3, -0.25) is 9.59 Å². The number of carbonyl (C=O) groups excluding carboxylic acids is 2. The maximum atomic E-state index is 12.1. The van der Waals surface area contributed by atoms with E-state index in [2.05, 4.69) is 0 Å². The van der Waals surface area contributed by atoms with Gasteiger partial charge in [0.25, 0.3) is 0 Å². The number of rotatable bonds is 2. The highest BCUT2D eigenvalue weighted by atomic mass is 16.6. The zero-order valence-electron chi connectivity index (χ0n) is 13.9. The van der Waals surface area contributed by atoms with Crippen LogP contribution in [0.3, 0.4) is 0 Å². The summed E-state index contributed by atoms with van der Waals surface area (Å²) in [5, 5.41) is 0. The first kappa shape index (κ1) is 17.5. The molecule has 0 aromatic carbocycles. The molecule has 0 aromatic heterocycles. The van der Waals surface area contributed by atoms with Crippen molar-refractivity contribution in [1.29, 1.82) is 0 Å². The zero-order valence-corrected chi connectivity index (χ0v) is 13.9. The summed E-state index contributed by atoms with van der Waals surface area (Å²) in [5.41, 5.74) is -1.24. The average Bonchev–Trinajstić information content (AvgIpc) is 2.30. The average molecular weight is 298 g/mol. The monoisotopic (exact) mass is 298 g/mol. The van der Waals surface area contributed by atoms with Crippen molar-refractivity contribution in [3.05, 3.63) is 12.3 Å². The van der Waals surface area contributed by atoms with Crippen molar-refractivity contribution in [1.82, 2.24) is 0 Å². The van der Waals surface area contributed by atoms with Gasteiger partial charge in [0, 0.05) is 0 Å². The minimum Gasteiger partial charge on any atom is -0.494 e. The van der Waals surface area contributed by atoms with Gasteiger partial charge in [-0.1, -0.05) is 0 Å². The van der Waals surface area contributed by atoms with Crippen molar-refractivity contribution in [2.24, 2.45) is 10.8 Å². The molecule has 1 aliphatic heterocycles. The van der Waals surface area contributed by atoms with Crippen LogP contribution >= 0.6 is 0 Å². The smallest absolute Gasteiger partial charge is 0.311 e. The summed E-state index contributed by atoms with van der Waals surface area (Å²) >= 11 is 0. The van der Waals surface area contributed by atoms with Gasteiger partial charge < -0.3 is 14.2 Å². The Morgan fingerprint density at radius 1 is 0.952 bits per heavy atom. The summed E-state index contributed by atoms with van der Waals surface area (Å²) in [6.07, 6.45) is 1.43. The van der Waals surface area contributed by atoms with Crippen molar-refractivity contribution in [2.45, 2.75) is 66.8 Å². The summed E-state index contributed by atoms with van der Waals surface area (Å²) in [5.74, 6) is -0.696. The Kier molecular flexibility index (Phi) is 5.07. The molecule has 0 radical (unpaired) electrons. The highest BCUT2D eigenvalue weighted by Gasteiger charge is 2.39. The van der Waals surface area contributed by atoms with Gasteiger partial charge in [-0.15, -0.1) is 0 Å². The minimum atomic E-state index is -0.645. The Bertz CT molecular complexity index is 425. The summed E-state index contributed by atoms with van der Waals surface area (Å²) in [6.45, 7) is 12.4. The molecule has 0 bridgehead atoms. The first-order valence-corrected chi connectivity index (χ1v) is 7.17. The minimum absolute atomic E-state index is 0.344. The third kappa shape index (κ3) is 4.76. The van der Waals surface area contributed by atoms with Crippen LogP contribution in [0.25, 0.3) is 0 Å². The Hall–Kier alpha value is -1.52. The molecule has 1 heterocycles. The summed E-state index contributed by atoms with van der Waals surface area (Å²) in [6, 6.07) is 0. The summed E-state index contributed by atoms with van der Waals surface area (Å²) in [7, 11) is 0. The van der Waals surface area contributed by atoms with Crippen LogP contribution in [0.5, 0.6) is 0 Å². The van der Waals surface area contributed by atoms with Gasteiger partial charge in [-0.25, -0.2) is 0 Å². The summed E-state index contributed by atoms with van der Waals surface area (Å²) in [4.78, 5) is 24.1. The molecular formula is C16H26O5. The van der Waals surface area contributed by atoms with Crippen LogP contribution in [0, 0.1) is 10.8 Å².